The van der Waals surface area contributed by atoms with E-state index in [0.717, 1.165) is 6.54 Å². The number of hydrogen-bond acceptors (Lipinski definition) is 5. The predicted molar refractivity (Wildman–Crippen MR) is 72.1 cm³/mol. The Morgan fingerprint density at radius 1 is 0.941 bits per heavy atom. The molecule has 17 heavy (non-hydrogen) atoms. The Bertz CT molecular complexity index is 165. The van der Waals surface area contributed by atoms with Crippen LogP contribution in [0.4, 0.5) is 0 Å². The van der Waals surface area contributed by atoms with Crippen molar-refractivity contribution in [3.8, 4) is 0 Å². The van der Waals surface area contributed by atoms with Crippen molar-refractivity contribution in [3.05, 3.63) is 0 Å². The van der Waals surface area contributed by atoms with E-state index in [1.165, 1.54) is 0 Å². The average Bonchev–Trinajstić information content (AvgIpc) is 2.24. The third kappa shape index (κ3) is 15.9. The number of rotatable bonds is 12. The van der Waals surface area contributed by atoms with E-state index in [1.807, 2.05) is 0 Å². The molecule has 0 aliphatic rings. The van der Waals surface area contributed by atoms with Gasteiger partial charge in [-0.25, -0.2) is 0 Å². The highest BCUT2D eigenvalue weighted by Gasteiger charge is 2.07. The summed E-state index contributed by atoms with van der Waals surface area (Å²) >= 11 is 0. The van der Waals surface area contributed by atoms with Crippen molar-refractivity contribution in [3.63, 3.8) is 0 Å². The molecule has 0 fully saturated rings. The summed E-state index contributed by atoms with van der Waals surface area (Å²) in [7, 11) is 2.14. The first-order valence-corrected chi connectivity index (χ1v) is 6.24. The molecule has 0 radical (unpaired) electrons. The molecule has 0 aliphatic heterocycles. The first-order valence-electron chi connectivity index (χ1n) is 6.24. The van der Waals surface area contributed by atoms with Crippen LogP contribution < -0.4 is 11.1 Å². The van der Waals surface area contributed by atoms with E-state index in [-0.39, 0.29) is 5.44 Å². The summed E-state index contributed by atoms with van der Waals surface area (Å²) in [5, 5.41) is 3.35. The van der Waals surface area contributed by atoms with Crippen molar-refractivity contribution >= 4 is 7.85 Å². The molecule has 0 heterocycles. The summed E-state index contributed by atoms with van der Waals surface area (Å²) in [6, 6.07) is 0. The Labute approximate surface area is 106 Å². The fourth-order valence-electron chi connectivity index (χ4n) is 1.12. The van der Waals surface area contributed by atoms with Crippen molar-refractivity contribution < 1.29 is 14.2 Å². The number of nitrogens with two attached hydrogens (primary N) is 1. The smallest absolute Gasteiger partial charge is 0.126 e. The van der Waals surface area contributed by atoms with E-state index in [1.54, 1.807) is 0 Å². The van der Waals surface area contributed by atoms with Gasteiger partial charge in [0.05, 0.1) is 39.6 Å². The van der Waals surface area contributed by atoms with E-state index in [4.69, 9.17) is 19.9 Å². The van der Waals surface area contributed by atoms with Crippen molar-refractivity contribution in [2.24, 2.45) is 5.73 Å². The Morgan fingerprint density at radius 2 is 1.41 bits per heavy atom. The minimum atomic E-state index is 0.153. The van der Waals surface area contributed by atoms with Crippen molar-refractivity contribution in [2.75, 3.05) is 52.7 Å². The van der Waals surface area contributed by atoms with Gasteiger partial charge in [-0.15, -0.1) is 0 Å². The molecule has 0 bridgehead atoms. The molecule has 0 saturated carbocycles. The molecule has 0 aliphatic carbocycles. The minimum Gasteiger partial charge on any atom is -0.378 e. The van der Waals surface area contributed by atoms with Crippen LogP contribution in [-0.4, -0.2) is 66.0 Å². The maximum absolute atomic E-state index is 5.41. The highest BCUT2D eigenvalue weighted by molar-refractivity contribution is 6.14. The van der Waals surface area contributed by atoms with Gasteiger partial charge in [0.25, 0.3) is 0 Å². The standard InChI is InChI=1S/C11H27BN2O3/c1-11(2,12)14-4-6-16-8-10-17-9-7-15-5-3-13/h14H,3-10,12-13H2,1-2H3. The van der Waals surface area contributed by atoms with Crippen LogP contribution in [0.25, 0.3) is 0 Å². The highest BCUT2D eigenvalue weighted by atomic mass is 16.5. The number of hydrogen-bond donors (Lipinski definition) is 2. The average molecular weight is 246 g/mol. The van der Waals surface area contributed by atoms with E-state index in [9.17, 15) is 0 Å². The minimum absolute atomic E-state index is 0.153. The molecule has 6 heteroatoms. The second-order valence-electron chi connectivity index (χ2n) is 4.80. The topological polar surface area (TPSA) is 65.7 Å². The SMILES string of the molecule is BC(C)(C)NCCOCCOCCOCCN. The Kier molecular flexibility index (Phi) is 10.9. The fraction of sp³-hybridized carbons (Fsp3) is 1.00. The Hall–Kier alpha value is -0.135. The molecule has 0 aromatic carbocycles. The van der Waals surface area contributed by atoms with Crippen molar-refractivity contribution in [1.29, 1.82) is 0 Å². The first kappa shape index (κ1) is 16.9. The molecule has 102 valence electrons. The van der Waals surface area contributed by atoms with Crippen LogP contribution >= 0.6 is 0 Å². The van der Waals surface area contributed by atoms with E-state index >= 15 is 0 Å². The van der Waals surface area contributed by atoms with Crippen LogP contribution in [0.2, 0.25) is 0 Å². The van der Waals surface area contributed by atoms with Crippen LogP contribution in [0.15, 0.2) is 0 Å². The van der Waals surface area contributed by atoms with Crippen molar-refractivity contribution in [1.82, 2.24) is 5.32 Å². The quantitative estimate of drug-likeness (QED) is 0.340. The summed E-state index contributed by atoms with van der Waals surface area (Å²) in [6.07, 6.45) is 0. The first-order chi connectivity index (χ1) is 8.06. The normalized spacial score (nSPS) is 11.9. The molecule has 3 N–H and O–H groups in total. The van der Waals surface area contributed by atoms with Gasteiger partial charge in [0.15, 0.2) is 0 Å². The molecule has 0 aromatic heterocycles. The lowest BCUT2D eigenvalue weighted by Gasteiger charge is -2.20. The van der Waals surface area contributed by atoms with Gasteiger partial charge in [-0.05, 0) is 5.44 Å². The largest absolute Gasteiger partial charge is 0.378 e. The lowest BCUT2D eigenvalue weighted by Crippen LogP contribution is -2.41. The summed E-state index contributed by atoms with van der Waals surface area (Å²) in [5.74, 6) is 0. The van der Waals surface area contributed by atoms with Crippen molar-refractivity contribution in [2.45, 2.75) is 19.3 Å². The Balaban J connectivity index is 2.99. The maximum Gasteiger partial charge on any atom is 0.126 e. The molecule has 0 saturated heterocycles. The maximum atomic E-state index is 5.41. The molecule has 0 amide bonds. The van der Waals surface area contributed by atoms with Crippen LogP contribution in [0.5, 0.6) is 0 Å². The molecular formula is C11H27BN2O3. The molecule has 0 aromatic rings. The zero-order valence-corrected chi connectivity index (χ0v) is 11.5. The molecule has 0 unspecified atom stereocenters. The van der Waals surface area contributed by atoms with Crippen LogP contribution in [0, 0.1) is 0 Å². The molecule has 0 spiro atoms. The molecule has 0 atom stereocenters. The summed E-state index contributed by atoms with van der Waals surface area (Å²) in [4.78, 5) is 0. The number of nitrogens with one attached hydrogen (secondary N) is 1. The summed E-state index contributed by atoms with van der Waals surface area (Å²) < 4.78 is 15.9. The number of ether oxygens (including phenoxy) is 3. The third-order valence-electron chi connectivity index (χ3n) is 1.91. The van der Waals surface area contributed by atoms with E-state index < -0.39 is 0 Å². The monoisotopic (exact) mass is 246 g/mol. The third-order valence-corrected chi connectivity index (χ3v) is 1.91. The lowest BCUT2D eigenvalue weighted by molar-refractivity contribution is 0.0162. The zero-order valence-electron chi connectivity index (χ0n) is 11.5. The van der Waals surface area contributed by atoms with Gasteiger partial charge >= 0.3 is 0 Å². The van der Waals surface area contributed by atoms with Gasteiger partial charge in [0, 0.05) is 13.1 Å². The summed E-state index contributed by atoms with van der Waals surface area (Å²) in [6.45, 7) is 9.45. The van der Waals surface area contributed by atoms with Gasteiger partial charge in [0.1, 0.15) is 7.85 Å². The van der Waals surface area contributed by atoms with Gasteiger partial charge in [-0.3, -0.25) is 0 Å². The van der Waals surface area contributed by atoms with Crippen LogP contribution in [-0.2, 0) is 14.2 Å². The van der Waals surface area contributed by atoms with Gasteiger partial charge < -0.3 is 25.3 Å². The van der Waals surface area contributed by atoms with Crippen LogP contribution in [0.3, 0.4) is 0 Å². The second kappa shape index (κ2) is 11.0. The molecular weight excluding hydrogens is 219 g/mol. The lowest BCUT2D eigenvalue weighted by atomic mass is 9.82. The van der Waals surface area contributed by atoms with Gasteiger partial charge in [-0.2, -0.15) is 0 Å². The zero-order chi connectivity index (χ0) is 13.0. The fourth-order valence-corrected chi connectivity index (χ4v) is 1.12. The van der Waals surface area contributed by atoms with Gasteiger partial charge in [0.2, 0.25) is 0 Å². The Morgan fingerprint density at radius 3 is 1.88 bits per heavy atom. The van der Waals surface area contributed by atoms with Gasteiger partial charge in [-0.1, -0.05) is 13.8 Å². The van der Waals surface area contributed by atoms with E-state index in [0.29, 0.717) is 46.2 Å². The predicted octanol–water partition coefficient (Wildman–Crippen LogP) is -1.05. The summed E-state index contributed by atoms with van der Waals surface area (Å²) in [5.41, 5.74) is 5.43. The molecule has 0 rings (SSSR count). The highest BCUT2D eigenvalue weighted by Crippen LogP contribution is 1.91. The van der Waals surface area contributed by atoms with Crippen LogP contribution in [0.1, 0.15) is 13.8 Å². The van der Waals surface area contributed by atoms with E-state index in [2.05, 4.69) is 27.0 Å². The molecule has 5 nitrogen and oxygen atoms in total. The second-order valence-corrected chi connectivity index (χ2v) is 4.80.